The molecule has 9 nitrogen and oxygen atoms in total. The highest BCUT2D eigenvalue weighted by Gasteiger charge is 2.47. The zero-order valence-electron chi connectivity index (χ0n) is 15.6. The van der Waals surface area contributed by atoms with Crippen LogP contribution in [0.4, 0.5) is 0 Å². The third kappa shape index (κ3) is 6.43. The van der Waals surface area contributed by atoms with Crippen LogP contribution in [0.25, 0.3) is 0 Å². The number of guanidine groups is 1. The van der Waals surface area contributed by atoms with Gasteiger partial charge in [0.1, 0.15) is 18.2 Å². The maximum Gasteiger partial charge on any atom is 0.222 e. The second-order valence-electron chi connectivity index (χ2n) is 5.68. The Morgan fingerprint density at radius 2 is 1.84 bits per heavy atom. The largest absolute Gasteiger partial charge is 0.376 e. The summed E-state index contributed by atoms with van der Waals surface area (Å²) in [6.07, 6.45) is -0.558. The molecule has 0 spiro atoms. The molecular formula is C16H32N4O5. The van der Waals surface area contributed by atoms with E-state index in [9.17, 15) is 4.79 Å². The fourth-order valence-electron chi connectivity index (χ4n) is 2.91. The Bertz CT molecular complexity index is 431. The van der Waals surface area contributed by atoms with E-state index in [1.165, 1.54) is 0 Å². The van der Waals surface area contributed by atoms with Gasteiger partial charge >= 0.3 is 0 Å². The second kappa shape index (κ2) is 11.2. The summed E-state index contributed by atoms with van der Waals surface area (Å²) in [5.41, 5.74) is 10.5. The minimum absolute atomic E-state index is 0.0431. The van der Waals surface area contributed by atoms with Crippen LogP contribution in [-0.2, 0) is 23.7 Å². The minimum atomic E-state index is -0.607. The third-order valence-corrected chi connectivity index (χ3v) is 3.97. The lowest BCUT2D eigenvalue weighted by Gasteiger charge is -2.45. The van der Waals surface area contributed by atoms with E-state index in [2.05, 4.69) is 10.3 Å². The van der Waals surface area contributed by atoms with Crippen molar-refractivity contribution in [3.63, 3.8) is 0 Å². The van der Waals surface area contributed by atoms with Crippen molar-refractivity contribution in [1.82, 2.24) is 5.32 Å². The number of nitrogens with one attached hydrogen (secondary N) is 1. The van der Waals surface area contributed by atoms with Crippen LogP contribution >= 0.6 is 0 Å². The van der Waals surface area contributed by atoms with Crippen LogP contribution in [0.3, 0.4) is 0 Å². The highest BCUT2D eigenvalue weighted by atomic mass is 16.7. The summed E-state index contributed by atoms with van der Waals surface area (Å²) in [7, 11) is 1.61. The van der Waals surface area contributed by atoms with Crippen molar-refractivity contribution in [2.24, 2.45) is 16.5 Å². The first-order chi connectivity index (χ1) is 12.0. The average Bonchev–Trinajstić information content (AvgIpc) is 2.57. The normalized spacial score (nSPS) is 29.2. The van der Waals surface area contributed by atoms with Crippen LogP contribution in [0.1, 0.15) is 33.6 Å². The van der Waals surface area contributed by atoms with E-state index < -0.39 is 12.3 Å². The number of nitrogens with zero attached hydrogens (tertiary/aromatic N) is 1. The van der Waals surface area contributed by atoms with Crippen LogP contribution in [0.2, 0.25) is 0 Å². The van der Waals surface area contributed by atoms with Gasteiger partial charge in [0, 0.05) is 26.7 Å². The van der Waals surface area contributed by atoms with Gasteiger partial charge in [-0.3, -0.25) is 9.79 Å². The lowest BCUT2D eigenvalue weighted by atomic mass is 9.94. The maximum absolute atomic E-state index is 12.3. The Morgan fingerprint density at radius 3 is 2.36 bits per heavy atom. The van der Waals surface area contributed by atoms with Crippen LogP contribution in [0.15, 0.2) is 4.99 Å². The number of hydrogen-bond donors (Lipinski definition) is 3. The van der Waals surface area contributed by atoms with Gasteiger partial charge in [0.25, 0.3) is 0 Å². The molecular weight excluding hydrogens is 328 g/mol. The number of carbonyl (C=O) groups excluding carboxylic acids is 1. The number of aliphatic imine (C=N–C) groups is 1. The summed E-state index contributed by atoms with van der Waals surface area (Å²) in [6.45, 7) is 6.94. The molecule has 1 fully saturated rings. The van der Waals surface area contributed by atoms with Crippen molar-refractivity contribution in [1.29, 1.82) is 0 Å². The molecule has 0 radical (unpaired) electrons. The van der Waals surface area contributed by atoms with Gasteiger partial charge in [-0.05, 0) is 20.3 Å². The molecule has 1 aliphatic heterocycles. The molecule has 0 aromatic carbocycles. The van der Waals surface area contributed by atoms with Gasteiger partial charge in [0.15, 0.2) is 12.2 Å². The molecule has 5 N–H and O–H groups in total. The van der Waals surface area contributed by atoms with E-state index in [1.807, 2.05) is 20.8 Å². The van der Waals surface area contributed by atoms with Crippen LogP contribution in [0, 0.1) is 0 Å². The van der Waals surface area contributed by atoms with E-state index >= 15 is 0 Å². The topological polar surface area (TPSA) is 130 Å². The average molecular weight is 360 g/mol. The maximum atomic E-state index is 12.3. The number of hydrogen-bond acceptors (Lipinski definition) is 6. The van der Waals surface area contributed by atoms with Gasteiger partial charge < -0.3 is 35.7 Å². The molecule has 0 aliphatic carbocycles. The highest BCUT2D eigenvalue weighted by Crippen LogP contribution is 2.28. The van der Waals surface area contributed by atoms with Crippen molar-refractivity contribution < 1.29 is 23.7 Å². The molecule has 0 bridgehead atoms. The number of amides is 1. The lowest BCUT2D eigenvalue weighted by Crippen LogP contribution is -2.65. The summed E-state index contributed by atoms with van der Waals surface area (Å²) >= 11 is 0. The number of ether oxygens (including phenoxy) is 4. The summed E-state index contributed by atoms with van der Waals surface area (Å²) in [6, 6.07) is -0.487. The van der Waals surface area contributed by atoms with Gasteiger partial charge in [-0.2, -0.15) is 0 Å². The first-order valence-electron chi connectivity index (χ1n) is 8.74. The molecule has 1 amide bonds. The molecule has 0 aromatic rings. The zero-order chi connectivity index (χ0) is 18.8. The number of rotatable bonds is 10. The van der Waals surface area contributed by atoms with Gasteiger partial charge in [0.2, 0.25) is 5.91 Å². The monoisotopic (exact) mass is 360 g/mol. The smallest absolute Gasteiger partial charge is 0.222 e. The fourth-order valence-corrected chi connectivity index (χ4v) is 2.91. The first kappa shape index (κ1) is 21.6. The zero-order valence-corrected chi connectivity index (χ0v) is 15.6. The van der Waals surface area contributed by atoms with Crippen LogP contribution in [0.5, 0.6) is 0 Å². The number of methoxy groups -OCH3 is 1. The van der Waals surface area contributed by atoms with Gasteiger partial charge in [-0.25, -0.2) is 0 Å². The van der Waals surface area contributed by atoms with Crippen molar-refractivity contribution in [3.8, 4) is 0 Å². The predicted molar refractivity (Wildman–Crippen MR) is 94.0 cm³/mol. The highest BCUT2D eigenvalue weighted by molar-refractivity contribution is 5.78. The standard InChI is InChI=1S/C16H32N4O5/c1-5-10-13(22-4)14(23-6-2)12(15(25-10)24-7-3)20-11(21)8-9-19-16(17)18/h10,12-15H,5-9H2,1-4H3,(H,20,21)(H4,17,18,19)/t10?,12?,13-,14-,15?/m1/s1. The van der Waals surface area contributed by atoms with Crippen molar-refractivity contribution in [2.45, 2.75) is 64.3 Å². The second-order valence-corrected chi connectivity index (χ2v) is 5.68. The van der Waals surface area contributed by atoms with E-state index in [-0.39, 0.29) is 43.1 Å². The Hall–Kier alpha value is -1.42. The van der Waals surface area contributed by atoms with Crippen molar-refractivity contribution in [3.05, 3.63) is 0 Å². The molecule has 3 unspecified atom stereocenters. The molecule has 1 saturated heterocycles. The van der Waals surface area contributed by atoms with E-state index in [4.69, 9.17) is 30.4 Å². The van der Waals surface area contributed by atoms with Gasteiger partial charge in [0.05, 0.1) is 12.6 Å². The molecule has 1 heterocycles. The molecule has 9 heteroatoms. The molecule has 1 rings (SSSR count). The lowest BCUT2D eigenvalue weighted by molar-refractivity contribution is -0.274. The quantitative estimate of drug-likeness (QED) is 0.361. The molecule has 0 aromatic heterocycles. The Morgan fingerprint density at radius 1 is 1.16 bits per heavy atom. The summed E-state index contributed by atoms with van der Waals surface area (Å²) < 4.78 is 23.2. The van der Waals surface area contributed by atoms with Gasteiger partial charge in [-0.1, -0.05) is 6.92 Å². The molecule has 1 aliphatic rings. The Kier molecular flexibility index (Phi) is 9.73. The van der Waals surface area contributed by atoms with E-state index in [0.717, 1.165) is 6.42 Å². The Balaban J connectivity index is 2.89. The Labute approximate surface area is 149 Å². The third-order valence-electron chi connectivity index (χ3n) is 3.97. The molecule has 5 atom stereocenters. The van der Waals surface area contributed by atoms with Crippen molar-refractivity contribution >= 4 is 11.9 Å². The predicted octanol–water partition coefficient (Wildman–Crippen LogP) is -0.274. The molecule has 25 heavy (non-hydrogen) atoms. The van der Waals surface area contributed by atoms with Crippen LogP contribution < -0.4 is 16.8 Å². The molecule has 146 valence electrons. The van der Waals surface area contributed by atoms with Crippen molar-refractivity contribution in [2.75, 3.05) is 26.9 Å². The number of nitrogens with two attached hydrogens (primary N) is 2. The minimum Gasteiger partial charge on any atom is -0.376 e. The SMILES string of the molecule is CCOC1OC(CC)[C@@H](OC)[C@H](OCC)C1NC(=O)CCN=C(N)N. The van der Waals surface area contributed by atoms with E-state index in [0.29, 0.717) is 13.2 Å². The van der Waals surface area contributed by atoms with Crippen LogP contribution in [-0.4, -0.2) is 69.4 Å². The summed E-state index contributed by atoms with van der Waals surface area (Å²) in [5.74, 6) is -0.253. The number of carbonyl (C=O) groups is 1. The first-order valence-corrected chi connectivity index (χ1v) is 8.74. The molecule has 0 saturated carbocycles. The fraction of sp³-hybridized carbons (Fsp3) is 0.875. The van der Waals surface area contributed by atoms with E-state index in [1.54, 1.807) is 7.11 Å². The summed E-state index contributed by atoms with van der Waals surface area (Å²) in [4.78, 5) is 16.1. The van der Waals surface area contributed by atoms with Gasteiger partial charge in [-0.15, -0.1) is 0 Å². The summed E-state index contributed by atoms with van der Waals surface area (Å²) in [5, 5.41) is 2.93.